The Labute approximate surface area is 88.2 Å². The van der Waals surface area contributed by atoms with Crippen LogP contribution in [-0.2, 0) is 9.84 Å². The average Bonchev–Trinajstić information content (AvgIpc) is 2.09. The lowest BCUT2D eigenvalue weighted by Crippen LogP contribution is -2.26. The van der Waals surface area contributed by atoms with E-state index in [1.807, 2.05) is 0 Å². The maximum absolute atomic E-state index is 11.0. The topological polar surface area (TPSA) is 46.2 Å². The summed E-state index contributed by atoms with van der Waals surface area (Å²) in [6.45, 7) is 8.31. The summed E-state index contributed by atoms with van der Waals surface area (Å²) in [7, 11) is -2.79. The van der Waals surface area contributed by atoms with Crippen molar-refractivity contribution in [1.82, 2.24) is 5.32 Å². The molecule has 4 heteroatoms. The fraction of sp³-hybridized carbons (Fsp3) is 1.00. The second-order valence-corrected chi connectivity index (χ2v) is 6.44. The Hall–Kier alpha value is -0.0900. The zero-order valence-corrected chi connectivity index (χ0v) is 10.5. The molecule has 86 valence electrons. The summed E-state index contributed by atoms with van der Waals surface area (Å²) >= 11 is 0. The van der Waals surface area contributed by atoms with Gasteiger partial charge < -0.3 is 5.32 Å². The van der Waals surface area contributed by atoms with Crippen LogP contribution < -0.4 is 5.32 Å². The Morgan fingerprint density at radius 2 is 1.79 bits per heavy atom. The highest BCUT2D eigenvalue weighted by Gasteiger charge is 2.13. The second-order valence-electron chi connectivity index (χ2n) is 4.18. The summed E-state index contributed by atoms with van der Waals surface area (Å²) in [5.74, 6) is 1.31. The van der Waals surface area contributed by atoms with Crippen molar-refractivity contribution in [3.63, 3.8) is 0 Å². The molecule has 0 fully saturated rings. The van der Waals surface area contributed by atoms with Gasteiger partial charge in [0.15, 0.2) is 0 Å². The largest absolute Gasteiger partial charge is 0.317 e. The predicted molar refractivity (Wildman–Crippen MR) is 61.2 cm³/mol. The monoisotopic (exact) mass is 221 g/mol. The molecule has 0 aromatic carbocycles. The van der Waals surface area contributed by atoms with E-state index in [1.54, 1.807) is 0 Å². The van der Waals surface area contributed by atoms with Gasteiger partial charge in [-0.25, -0.2) is 8.42 Å². The van der Waals surface area contributed by atoms with Crippen molar-refractivity contribution in [3.05, 3.63) is 0 Å². The molecule has 0 aliphatic carbocycles. The molecule has 0 amide bonds. The number of sulfone groups is 1. The molecule has 2 unspecified atom stereocenters. The van der Waals surface area contributed by atoms with Crippen molar-refractivity contribution in [1.29, 1.82) is 0 Å². The van der Waals surface area contributed by atoms with Crippen molar-refractivity contribution >= 4 is 9.84 Å². The lowest BCUT2D eigenvalue weighted by Gasteiger charge is -2.19. The van der Waals surface area contributed by atoms with E-state index >= 15 is 0 Å². The molecule has 0 saturated carbocycles. The van der Waals surface area contributed by atoms with Gasteiger partial charge >= 0.3 is 0 Å². The molecule has 0 aliphatic heterocycles. The molecule has 2 atom stereocenters. The van der Waals surface area contributed by atoms with Crippen LogP contribution in [0.15, 0.2) is 0 Å². The van der Waals surface area contributed by atoms with Gasteiger partial charge in [0.05, 0.1) is 5.75 Å². The second kappa shape index (κ2) is 6.40. The lowest BCUT2D eigenvalue weighted by molar-refractivity contribution is 0.361. The van der Waals surface area contributed by atoms with Gasteiger partial charge in [0.1, 0.15) is 9.84 Å². The van der Waals surface area contributed by atoms with E-state index in [-0.39, 0.29) is 0 Å². The summed E-state index contributed by atoms with van der Waals surface area (Å²) in [5, 5.41) is 3.28. The quantitative estimate of drug-likeness (QED) is 0.705. The molecule has 0 aromatic rings. The fourth-order valence-electron chi connectivity index (χ4n) is 1.26. The highest BCUT2D eigenvalue weighted by Crippen LogP contribution is 2.14. The molecule has 0 heterocycles. The van der Waals surface area contributed by atoms with Gasteiger partial charge in [-0.15, -0.1) is 0 Å². The molecule has 0 bridgehead atoms. The molecular formula is C10H23NO2S. The Balaban J connectivity index is 3.78. The summed E-state index contributed by atoms with van der Waals surface area (Å²) < 4.78 is 21.9. The van der Waals surface area contributed by atoms with Crippen LogP contribution in [0.1, 0.15) is 27.2 Å². The van der Waals surface area contributed by atoms with Gasteiger partial charge in [-0.3, -0.25) is 0 Å². The molecule has 3 nitrogen and oxygen atoms in total. The highest BCUT2D eigenvalue weighted by molar-refractivity contribution is 7.90. The molecule has 0 aromatic heterocycles. The molecule has 0 rings (SSSR count). The summed E-state index contributed by atoms with van der Waals surface area (Å²) in [6.07, 6.45) is 2.07. The van der Waals surface area contributed by atoms with Crippen molar-refractivity contribution < 1.29 is 8.42 Å². The van der Waals surface area contributed by atoms with Crippen molar-refractivity contribution in [2.24, 2.45) is 11.8 Å². The van der Waals surface area contributed by atoms with Crippen LogP contribution in [0.2, 0.25) is 0 Å². The van der Waals surface area contributed by atoms with Gasteiger partial charge in [0.25, 0.3) is 0 Å². The third kappa shape index (κ3) is 7.33. The van der Waals surface area contributed by atoms with E-state index in [0.29, 0.717) is 17.6 Å². The van der Waals surface area contributed by atoms with E-state index in [2.05, 4.69) is 26.1 Å². The maximum atomic E-state index is 11.0. The maximum Gasteiger partial charge on any atom is 0.147 e. The van der Waals surface area contributed by atoms with Gasteiger partial charge in [-0.05, 0) is 31.3 Å². The minimum absolute atomic E-state index is 0.310. The minimum atomic E-state index is -2.79. The fourth-order valence-corrected chi connectivity index (χ4v) is 2.06. The van der Waals surface area contributed by atoms with Crippen LogP contribution in [0.25, 0.3) is 0 Å². The van der Waals surface area contributed by atoms with Crippen LogP contribution in [0.4, 0.5) is 0 Å². The van der Waals surface area contributed by atoms with Gasteiger partial charge in [-0.1, -0.05) is 20.8 Å². The highest BCUT2D eigenvalue weighted by atomic mass is 32.2. The van der Waals surface area contributed by atoms with Crippen LogP contribution in [0, 0.1) is 11.8 Å². The van der Waals surface area contributed by atoms with Crippen molar-refractivity contribution in [2.45, 2.75) is 27.2 Å². The molecule has 14 heavy (non-hydrogen) atoms. The normalized spacial score (nSPS) is 16.6. The first-order valence-corrected chi connectivity index (χ1v) is 7.31. The SMILES string of the molecule is CCNCC(C)C(C)CCS(C)(=O)=O. The third-order valence-corrected chi connectivity index (χ3v) is 3.61. The van der Waals surface area contributed by atoms with Gasteiger partial charge in [0, 0.05) is 6.26 Å². The van der Waals surface area contributed by atoms with Gasteiger partial charge in [-0.2, -0.15) is 0 Å². The average molecular weight is 221 g/mol. The van der Waals surface area contributed by atoms with Crippen LogP contribution in [-0.4, -0.2) is 33.5 Å². The molecule has 0 radical (unpaired) electrons. The predicted octanol–water partition coefficient (Wildman–Crippen LogP) is 1.30. The first-order valence-electron chi connectivity index (χ1n) is 5.25. The zero-order valence-electron chi connectivity index (χ0n) is 9.71. The molecule has 0 saturated heterocycles. The molecule has 0 aliphatic rings. The van der Waals surface area contributed by atoms with Crippen LogP contribution in [0.3, 0.4) is 0 Å². The smallest absolute Gasteiger partial charge is 0.147 e. The summed E-state index contributed by atoms with van der Waals surface area (Å²) in [5.41, 5.74) is 0. The minimum Gasteiger partial charge on any atom is -0.317 e. The van der Waals surface area contributed by atoms with Crippen molar-refractivity contribution in [3.8, 4) is 0 Å². The van der Waals surface area contributed by atoms with E-state index < -0.39 is 9.84 Å². The number of nitrogens with one attached hydrogen (secondary N) is 1. The Morgan fingerprint density at radius 1 is 1.21 bits per heavy atom. The number of rotatable bonds is 7. The molecule has 0 spiro atoms. The Bertz CT molecular complexity index is 237. The lowest BCUT2D eigenvalue weighted by atomic mass is 9.93. The molecule has 1 N–H and O–H groups in total. The summed E-state index contributed by atoms with van der Waals surface area (Å²) in [6, 6.07) is 0. The molecular weight excluding hydrogens is 198 g/mol. The van der Waals surface area contributed by atoms with E-state index in [1.165, 1.54) is 6.26 Å². The summed E-state index contributed by atoms with van der Waals surface area (Å²) in [4.78, 5) is 0. The van der Waals surface area contributed by atoms with E-state index in [0.717, 1.165) is 19.5 Å². The van der Waals surface area contributed by atoms with E-state index in [9.17, 15) is 8.42 Å². The van der Waals surface area contributed by atoms with Gasteiger partial charge in [0.2, 0.25) is 0 Å². The number of hydrogen-bond donors (Lipinski definition) is 1. The van der Waals surface area contributed by atoms with Crippen LogP contribution >= 0.6 is 0 Å². The Kier molecular flexibility index (Phi) is 6.36. The zero-order chi connectivity index (χ0) is 11.2. The van der Waals surface area contributed by atoms with Crippen molar-refractivity contribution in [2.75, 3.05) is 25.1 Å². The number of hydrogen-bond acceptors (Lipinski definition) is 3. The van der Waals surface area contributed by atoms with Crippen LogP contribution in [0.5, 0.6) is 0 Å². The first-order chi connectivity index (χ1) is 6.37. The third-order valence-electron chi connectivity index (χ3n) is 2.63. The van der Waals surface area contributed by atoms with E-state index in [4.69, 9.17) is 0 Å². The Morgan fingerprint density at radius 3 is 2.21 bits per heavy atom. The first kappa shape index (κ1) is 13.9. The standard InChI is InChI=1S/C10H23NO2S/c1-5-11-8-10(3)9(2)6-7-14(4,12)13/h9-11H,5-8H2,1-4H3.